The highest BCUT2D eigenvalue weighted by atomic mass is 16.1. The van der Waals surface area contributed by atoms with Gasteiger partial charge in [-0.2, -0.15) is 4.57 Å². The van der Waals surface area contributed by atoms with Gasteiger partial charge in [-0.15, -0.1) is 0 Å². The van der Waals surface area contributed by atoms with Crippen LogP contribution in [0.5, 0.6) is 0 Å². The van der Waals surface area contributed by atoms with Crippen molar-refractivity contribution in [2.45, 2.75) is 25.8 Å². The second-order valence-electron chi connectivity index (χ2n) is 7.83. The molecular formula is C25H25N2O+. The van der Waals surface area contributed by atoms with E-state index in [-0.39, 0.29) is 11.2 Å². The summed E-state index contributed by atoms with van der Waals surface area (Å²) >= 11 is 0. The molecule has 4 rings (SSSR count). The van der Waals surface area contributed by atoms with Crippen LogP contribution in [0.4, 0.5) is 5.69 Å². The van der Waals surface area contributed by atoms with Crippen LogP contribution in [0, 0.1) is 0 Å². The van der Waals surface area contributed by atoms with E-state index in [1.165, 1.54) is 11.3 Å². The van der Waals surface area contributed by atoms with E-state index in [1.54, 1.807) is 0 Å². The highest BCUT2D eigenvalue weighted by Crippen LogP contribution is 2.46. The van der Waals surface area contributed by atoms with Crippen LogP contribution in [0.1, 0.15) is 19.4 Å². The molecule has 1 aliphatic heterocycles. The average Bonchev–Trinajstić information content (AvgIpc) is 2.90. The van der Waals surface area contributed by atoms with Gasteiger partial charge in [-0.1, -0.05) is 62.4 Å². The molecule has 0 N–H and O–H groups in total. The molecular weight excluding hydrogens is 344 g/mol. The highest BCUT2D eigenvalue weighted by Gasteiger charge is 2.38. The molecule has 0 unspecified atom stereocenters. The third-order valence-electron chi connectivity index (χ3n) is 5.54. The standard InChI is InChI=1S/C25H25N2O/c1-25(2)22-13-7-8-14-23(22)26(3)24(25)16-21(28)18-27-15-9-12-20(17-27)19-10-5-4-6-11-19/h4-17H,18H2,1-3H3/q+1/b24-16-. The number of carbonyl (C=O) groups is 1. The Morgan fingerprint density at radius 3 is 2.39 bits per heavy atom. The normalized spacial score (nSPS) is 16.2. The maximum absolute atomic E-state index is 12.9. The van der Waals surface area contributed by atoms with E-state index in [9.17, 15) is 4.79 Å². The zero-order chi connectivity index (χ0) is 19.7. The number of rotatable bonds is 4. The van der Waals surface area contributed by atoms with Crippen LogP contribution < -0.4 is 9.47 Å². The van der Waals surface area contributed by atoms with Gasteiger partial charge in [0.15, 0.2) is 12.4 Å². The first-order valence-corrected chi connectivity index (χ1v) is 9.59. The quantitative estimate of drug-likeness (QED) is 0.499. The number of anilines is 1. The van der Waals surface area contributed by atoms with Crippen LogP contribution in [0.25, 0.3) is 11.1 Å². The van der Waals surface area contributed by atoms with Crippen LogP contribution in [-0.2, 0) is 16.8 Å². The summed E-state index contributed by atoms with van der Waals surface area (Å²) in [5, 5.41) is 0. The number of benzene rings is 2. The fourth-order valence-corrected chi connectivity index (χ4v) is 4.06. The minimum Gasteiger partial charge on any atom is -0.347 e. The first kappa shape index (κ1) is 18.2. The van der Waals surface area contributed by atoms with Gasteiger partial charge in [0.2, 0.25) is 12.3 Å². The molecule has 0 bridgehead atoms. The molecule has 0 aliphatic carbocycles. The lowest BCUT2D eigenvalue weighted by atomic mass is 9.83. The van der Waals surface area contributed by atoms with Crippen molar-refractivity contribution in [1.82, 2.24) is 0 Å². The Kier molecular flexibility index (Phi) is 4.60. The van der Waals surface area contributed by atoms with E-state index in [0.29, 0.717) is 6.54 Å². The van der Waals surface area contributed by atoms with Gasteiger partial charge < -0.3 is 4.90 Å². The second-order valence-corrected chi connectivity index (χ2v) is 7.83. The maximum atomic E-state index is 12.9. The third-order valence-corrected chi connectivity index (χ3v) is 5.54. The third kappa shape index (κ3) is 3.24. The van der Waals surface area contributed by atoms with Crippen molar-refractivity contribution < 1.29 is 9.36 Å². The van der Waals surface area contributed by atoms with Crippen molar-refractivity contribution in [3.05, 3.63) is 96.5 Å². The first-order chi connectivity index (χ1) is 13.5. The summed E-state index contributed by atoms with van der Waals surface area (Å²) in [6.45, 7) is 4.68. The zero-order valence-corrected chi connectivity index (χ0v) is 16.6. The molecule has 0 spiro atoms. The number of aromatic nitrogens is 1. The number of carbonyl (C=O) groups excluding carboxylic acids is 1. The largest absolute Gasteiger partial charge is 0.347 e. The number of para-hydroxylation sites is 1. The molecule has 140 valence electrons. The molecule has 3 nitrogen and oxygen atoms in total. The van der Waals surface area contributed by atoms with E-state index in [0.717, 1.165) is 16.8 Å². The number of hydrogen-bond acceptors (Lipinski definition) is 2. The van der Waals surface area contributed by atoms with Gasteiger partial charge in [0, 0.05) is 41.6 Å². The Hall–Kier alpha value is -3.20. The Balaban J connectivity index is 1.59. The predicted molar refractivity (Wildman–Crippen MR) is 113 cm³/mol. The van der Waals surface area contributed by atoms with Gasteiger partial charge in [0.1, 0.15) is 0 Å². The molecule has 2 aromatic carbocycles. The molecule has 1 aromatic heterocycles. The lowest BCUT2D eigenvalue weighted by Gasteiger charge is -2.23. The Labute approximate surface area is 166 Å². The summed E-state index contributed by atoms with van der Waals surface area (Å²) in [5.74, 6) is 0.0953. The molecule has 0 saturated heterocycles. The summed E-state index contributed by atoms with van der Waals surface area (Å²) in [7, 11) is 2.04. The molecule has 0 amide bonds. The van der Waals surface area contributed by atoms with Gasteiger partial charge >= 0.3 is 0 Å². The van der Waals surface area contributed by atoms with Crippen molar-refractivity contribution in [2.75, 3.05) is 11.9 Å². The minimum absolute atomic E-state index is 0.0953. The maximum Gasteiger partial charge on any atom is 0.222 e. The molecule has 0 saturated carbocycles. The summed E-state index contributed by atoms with van der Waals surface area (Å²) in [6.07, 6.45) is 5.79. The topological polar surface area (TPSA) is 24.2 Å². The van der Waals surface area contributed by atoms with E-state index in [4.69, 9.17) is 0 Å². The van der Waals surface area contributed by atoms with Gasteiger partial charge in [-0.3, -0.25) is 4.79 Å². The van der Waals surface area contributed by atoms with E-state index in [2.05, 4.69) is 55.1 Å². The van der Waals surface area contributed by atoms with Crippen molar-refractivity contribution in [3.8, 4) is 11.1 Å². The van der Waals surface area contributed by atoms with E-state index >= 15 is 0 Å². The van der Waals surface area contributed by atoms with Crippen LogP contribution in [0.15, 0.2) is 90.9 Å². The first-order valence-electron chi connectivity index (χ1n) is 9.59. The number of pyridine rings is 1. The number of nitrogens with zero attached hydrogens (tertiary/aromatic N) is 2. The lowest BCUT2D eigenvalue weighted by molar-refractivity contribution is -0.683. The Bertz CT molecular complexity index is 1050. The molecule has 0 fully saturated rings. The second kappa shape index (κ2) is 7.08. The molecule has 1 aliphatic rings. The fourth-order valence-electron chi connectivity index (χ4n) is 4.06. The van der Waals surface area contributed by atoms with Crippen molar-refractivity contribution in [1.29, 1.82) is 0 Å². The Morgan fingerprint density at radius 2 is 1.64 bits per heavy atom. The van der Waals surface area contributed by atoms with E-state index < -0.39 is 0 Å². The van der Waals surface area contributed by atoms with Crippen molar-refractivity contribution >= 4 is 11.5 Å². The molecule has 0 atom stereocenters. The average molecular weight is 369 g/mol. The SMILES string of the molecule is CN1/C(=C\C(=O)C[n+]2cccc(-c3ccccc3)c2)C(C)(C)c2ccccc21. The molecule has 3 heteroatoms. The number of allylic oxidation sites excluding steroid dienone is 2. The summed E-state index contributed by atoms with van der Waals surface area (Å²) in [6, 6.07) is 22.6. The van der Waals surface area contributed by atoms with Crippen molar-refractivity contribution in [3.63, 3.8) is 0 Å². The minimum atomic E-state index is -0.183. The molecule has 0 radical (unpaired) electrons. The summed E-state index contributed by atoms with van der Waals surface area (Å²) in [4.78, 5) is 15.0. The van der Waals surface area contributed by atoms with Gasteiger partial charge in [0.05, 0.1) is 0 Å². The summed E-state index contributed by atoms with van der Waals surface area (Å²) in [5.41, 5.74) is 5.54. The van der Waals surface area contributed by atoms with Gasteiger partial charge in [0.25, 0.3) is 0 Å². The smallest absolute Gasteiger partial charge is 0.222 e. The van der Waals surface area contributed by atoms with Crippen LogP contribution in [0.2, 0.25) is 0 Å². The zero-order valence-electron chi connectivity index (χ0n) is 16.6. The van der Waals surface area contributed by atoms with Gasteiger partial charge in [-0.25, -0.2) is 0 Å². The highest BCUT2D eigenvalue weighted by molar-refractivity contribution is 5.91. The monoisotopic (exact) mass is 369 g/mol. The molecule has 28 heavy (non-hydrogen) atoms. The van der Waals surface area contributed by atoms with Crippen LogP contribution in [-0.4, -0.2) is 12.8 Å². The predicted octanol–water partition coefficient (Wildman–Crippen LogP) is 4.52. The number of fused-ring (bicyclic) bond motifs is 1. The van der Waals surface area contributed by atoms with Crippen LogP contribution >= 0.6 is 0 Å². The molecule has 3 aromatic rings. The number of ketones is 1. The van der Waals surface area contributed by atoms with E-state index in [1.807, 2.05) is 60.4 Å². The van der Waals surface area contributed by atoms with Crippen LogP contribution in [0.3, 0.4) is 0 Å². The lowest BCUT2D eigenvalue weighted by Crippen LogP contribution is -2.37. The number of likely N-dealkylation sites (N-methyl/N-ethyl adjacent to an activating group) is 1. The summed E-state index contributed by atoms with van der Waals surface area (Å²) < 4.78 is 1.96. The van der Waals surface area contributed by atoms with Gasteiger partial charge in [-0.05, 0) is 23.3 Å². The van der Waals surface area contributed by atoms with Crippen molar-refractivity contribution in [2.24, 2.45) is 0 Å². The number of hydrogen-bond donors (Lipinski definition) is 0. The Morgan fingerprint density at radius 1 is 0.964 bits per heavy atom. The fraction of sp³-hybridized carbons (Fsp3) is 0.200. The molecule has 2 heterocycles.